The number of amides is 1. The molecule has 0 bridgehead atoms. The number of nitrogens with one attached hydrogen (secondary N) is 2. The summed E-state index contributed by atoms with van der Waals surface area (Å²) in [5.74, 6) is -0.179. The Kier molecular flexibility index (Phi) is 6.38. The van der Waals surface area contributed by atoms with Crippen LogP contribution in [0.1, 0.15) is 18.1 Å². The second kappa shape index (κ2) is 8.18. The van der Waals surface area contributed by atoms with Gasteiger partial charge in [0.05, 0.1) is 16.1 Å². The monoisotopic (exact) mass is 420 g/mol. The number of hydrogen-bond acceptors (Lipinski definition) is 3. The summed E-state index contributed by atoms with van der Waals surface area (Å²) in [6.45, 7) is 1.77. The van der Waals surface area contributed by atoms with Crippen LogP contribution in [0.5, 0.6) is 0 Å². The third-order valence-corrected chi connectivity index (χ3v) is 5.17. The van der Waals surface area contributed by atoms with E-state index in [9.17, 15) is 26.4 Å². The van der Waals surface area contributed by atoms with Gasteiger partial charge in [-0.25, -0.2) is 8.42 Å². The molecule has 2 aromatic carbocycles. The van der Waals surface area contributed by atoms with Crippen LogP contribution >= 0.6 is 11.6 Å². The molecule has 0 spiro atoms. The Labute approximate surface area is 159 Å². The van der Waals surface area contributed by atoms with Crippen molar-refractivity contribution in [1.82, 2.24) is 5.32 Å². The van der Waals surface area contributed by atoms with Crippen LogP contribution in [0.25, 0.3) is 0 Å². The van der Waals surface area contributed by atoms with Crippen LogP contribution in [0.3, 0.4) is 0 Å². The fraction of sp³-hybridized carbons (Fsp3) is 0.235. The second-order valence-electron chi connectivity index (χ2n) is 5.67. The number of carbonyl (C=O) groups excluding carboxylic acids is 1. The lowest BCUT2D eigenvalue weighted by molar-refractivity contribution is -0.136. The maximum Gasteiger partial charge on any atom is 0.418 e. The van der Waals surface area contributed by atoms with E-state index in [1.54, 1.807) is 0 Å². The van der Waals surface area contributed by atoms with Crippen molar-refractivity contribution in [3.8, 4) is 0 Å². The second-order valence-corrected chi connectivity index (χ2v) is 7.79. The molecule has 27 heavy (non-hydrogen) atoms. The molecule has 0 aliphatic heterocycles. The highest BCUT2D eigenvalue weighted by Crippen LogP contribution is 2.37. The first-order valence-corrected chi connectivity index (χ1v) is 9.58. The number of anilines is 1. The van der Waals surface area contributed by atoms with Gasteiger partial charge in [-0.15, -0.1) is 0 Å². The number of hydrogen-bond donors (Lipinski definition) is 2. The first-order valence-electron chi connectivity index (χ1n) is 7.72. The number of alkyl halides is 3. The van der Waals surface area contributed by atoms with E-state index in [1.165, 1.54) is 37.3 Å². The summed E-state index contributed by atoms with van der Waals surface area (Å²) in [6.07, 6.45) is -4.28. The van der Waals surface area contributed by atoms with Crippen LogP contribution in [0, 0.1) is 0 Å². The standard InChI is InChI=1S/C17H16ClF3N2O3S/c1-11(24)22-9-8-12-2-5-14(6-3-12)27(25,26)23-16-7-4-13(18)10-15(16)17(19,20)21/h2-7,10,23H,8-9H2,1H3,(H,22,24). The van der Waals surface area contributed by atoms with Gasteiger partial charge in [-0.1, -0.05) is 23.7 Å². The van der Waals surface area contributed by atoms with Gasteiger partial charge in [0, 0.05) is 18.5 Å². The molecule has 146 valence electrons. The van der Waals surface area contributed by atoms with Crippen molar-refractivity contribution in [1.29, 1.82) is 0 Å². The van der Waals surface area contributed by atoms with Gasteiger partial charge >= 0.3 is 6.18 Å². The normalized spacial score (nSPS) is 11.9. The first-order chi connectivity index (χ1) is 12.5. The molecule has 2 rings (SSSR count). The van der Waals surface area contributed by atoms with E-state index >= 15 is 0 Å². The number of halogens is 4. The number of rotatable bonds is 6. The molecular weight excluding hydrogens is 405 g/mol. The van der Waals surface area contributed by atoms with E-state index in [0.717, 1.165) is 11.6 Å². The summed E-state index contributed by atoms with van der Waals surface area (Å²) >= 11 is 5.59. The van der Waals surface area contributed by atoms with Crippen LogP contribution in [-0.2, 0) is 27.4 Å². The van der Waals surface area contributed by atoms with Gasteiger partial charge in [-0.2, -0.15) is 13.2 Å². The molecule has 0 unspecified atom stereocenters. The molecule has 10 heteroatoms. The highest BCUT2D eigenvalue weighted by Gasteiger charge is 2.35. The smallest absolute Gasteiger partial charge is 0.356 e. The van der Waals surface area contributed by atoms with Gasteiger partial charge in [0.25, 0.3) is 10.0 Å². The van der Waals surface area contributed by atoms with Gasteiger partial charge in [0.1, 0.15) is 0 Å². The zero-order valence-corrected chi connectivity index (χ0v) is 15.7. The Bertz CT molecular complexity index is 929. The summed E-state index contributed by atoms with van der Waals surface area (Å²) in [5, 5.41) is 2.45. The van der Waals surface area contributed by atoms with Crippen molar-refractivity contribution in [3.63, 3.8) is 0 Å². The molecule has 0 radical (unpaired) electrons. The third-order valence-electron chi connectivity index (χ3n) is 3.55. The molecule has 0 aliphatic carbocycles. The minimum Gasteiger partial charge on any atom is -0.356 e. The van der Waals surface area contributed by atoms with E-state index in [4.69, 9.17) is 11.6 Å². The van der Waals surface area contributed by atoms with Gasteiger partial charge < -0.3 is 5.32 Å². The molecule has 0 aromatic heterocycles. The molecular formula is C17H16ClF3N2O3S. The van der Waals surface area contributed by atoms with Gasteiger partial charge in [-0.05, 0) is 42.3 Å². The van der Waals surface area contributed by atoms with E-state index in [0.29, 0.717) is 19.0 Å². The van der Waals surface area contributed by atoms with Crippen LogP contribution in [0.15, 0.2) is 47.4 Å². The van der Waals surface area contributed by atoms with Crippen LogP contribution in [0.2, 0.25) is 5.02 Å². The Balaban J connectivity index is 2.21. The van der Waals surface area contributed by atoms with Gasteiger partial charge in [-0.3, -0.25) is 9.52 Å². The molecule has 2 aromatic rings. The summed E-state index contributed by atoms with van der Waals surface area (Å²) in [5.41, 5.74) is -1.02. The lowest BCUT2D eigenvalue weighted by atomic mass is 10.1. The number of benzene rings is 2. The Morgan fingerprint density at radius 3 is 2.30 bits per heavy atom. The number of sulfonamides is 1. The van der Waals surface area contributed by atoms with Crippen LogP contribution in [0.4, 0.5) is 18.9 Å². The molecule has 0 fully saturated rings. The molecule has 0 saturated carbocycles. The Morgan fingerprint density at radius 2 is 1.74 bits per heavy atom. The molecule has 0 aliphatic rings. The van der Waals surface area contributed by atoms with Crippen molar-refractivity contribution >= 4 is 33.2 Å². The fourth-order valence-corrected chi connectivity index (χ4v) is 3.51. The molecule has 2 N–H and O–H groups in total. The Morgan fingerprint density at radius 1 is 1.11 bits per heavy atom. The average Bonchev–Trinajstić information content (AvgIpc) is 2.55. The number of carbonyl (C=O) groups is 1. The molecule has 0 heterocycles. The molecule has 0 saturated heterocycles. The molecule has 5 nitrogen and oxygen atoms in total. The van der Waals surface area contributed by atoms with Gasteiger partial charge in [0.15, 0.2) is 0 Å². The summed E-state index contributed by atoms with van der Waals surface area (Å²) in [4.78, 5) is 10.6. The maximum atomic E-state index is 13.1. The van der Waals surface area contributed by atoms with E-state index in [-0.39, 0.29) is 15.8 Å². The van der Waals surface area contributed by atoms with Crippen molar-refractivity contribution in [2.45, 2.75) is 24.4 Å². The van der Waals surface area contributed by atoms with Crippen molar-refractivity contribution in [2.24, 2.45) is 0 Å². The SMILES string of the molecule is CC(=O)NCCc1ccc(S(=O)(=O)Nc2ccc(Cl)cc2C(F)(F)F)cc1. The average molecular weight is 421 g/mol. The van der Waals surface area contributed by atoms with E-state index in [2.05, 4.69) is 5.32 Å². The van der Waals surface area contributed by atoms with E-state index < -0.39 is 27.5 Å². The lowest BCUT2D eigenvalue weighted by Gasteiger charge is -2.15. The van der Waals surface area contributed by atoms with Gasteiger partial charge in [0.2, 0.25) is 5.91 Å². The third kappa shape index (κ3) is 5.86. The van der Waals surface area contributed by atoms with Crippen molar-refractivity contribution in [3.05, 3.63) is 58.6 Å². The zero-order chi connectivity index (χ0) is 20.2. The Hall–Kier alpha value is -2.26. The van der Waals surface area contributed by atoms with Crippen molar-refractivity contribution < 1.29 is 26.4 Å². The predicted octanol–water partition coefficient (Wildman–Crippen LogP) is 3.84. The minimum atomic E-state index is -4.77. The fourth-order valence-electron chi connectivity index (χ4n) is 2.26. The highest BCUT2D eigenvalue weighted by molar-refractivity contribution is 7.92. The van der Waals surface area contributed by atoms with Crippen LogP contribution in [-0.4, -0.2) is 20.9 Å². The summed E-state index contributed by atoms with van der Waals surface area (Å²) in [6, 6.07) is 8.42. The summed E-state index contributed by atoms with van der Waals surface area (Å²) in [7, 11) is -4.22. The first kappa shape index (κ1) is 21.0. The minimum absolute atomic E-state index is 0.159. The highest BCUT2D eigenvalue weighted by atomic mass is 35.5. The lowest BCUT2D eigenvalue weighted by Crippen LogP contribution is -2.22. The quantitative estimate of drug-likeness (QED) is 0.745. The molecule has 1 amide bonds. The van der Waals surface area contributed by atoms with E-state index in [1.807, 2.05) is 4.72 Å². The topological polar surface area (TPSA) is 75.3 Å². The predicted molar refractivity (Wildman–Crippen MR) is 96.1 cm³/mol. The van der Waals surface area contributed by atoms with Crippen molar-refractivity contribution in [2.75, 3.05) is 11.3 Å². The maximum absolute atomic E-state index is 13.1. The largest absolute Gasteiger partial charge is 0.418 e. The van der Waals surface area contributed by atoms with Crippen LogP contribution < -0.4 is 10.0 Å². The molecule has 0 atom stereocenters. The summed E-state index contributed by atoms with van der Waals surface area (Å²) < 4.78 is 66.1. The zero-order valence-electron chi connectivity index (χ0n) is 14.1.